The fourth-order valence-corrected chi connectivity index (χ4v) is 4.43. The van der Waals surface area contributed by atoms with Gasteiger partial charge < -0.3 is 10.1 Å². The molecule has 1 aromatic carbocycles. The summed E-state index contributed by atoms with van der Waals surface area (Å²) < 4.78 is 67.2. The Hall–Kier alpha value is -2.89. The van der Waals surface area contributed by atoms with Gasteiger partial charge in [-0.15, -0.1) is 0 Å². The second-order valence-electron chi connectivity index (χ2n) is 9.10. The minimum absolute atomic E-state index is 0.00730. The van der Waals surface area contributed by atoms with Gasteiger partial charge in [0.1, 0.15) is 0 Å². The topological polar surface area (TPSA) is 110 Å². The minimum atomic E-state index is -4.22. The molecule has 1 aromatic heterocycles. The van der Waals surface area contributed by atoms with E-state index in [0.717, 1.165) is 24.7 Å². The summed E-state index contributed by atoms with van der Waals surface area (Å²) in [5.74, 6) is -0.179. The molecule has 12 heteroatoms. The molecule has 1 aliphatic rings. The molecule has 0 radical (unpaired) electrons. The molecule has 8 nitrogen and oxygen atoms in total. The van der Waals surface area contributed by atoms with Gasteiger partial charge in [0.2, 0.25) is 16.0 Å². The molecule has 1 fully saturated rings. The molecule has 192 valence electrons. The number of sulfonamides is 1. The van der Waals surface area contributed by atoms with Crippen LogP contribution in [-0.2, 0) is 19.6 Å². The summed E-state index contributed by atoms with van der Waals surface area (Å²) in [5.41, 5.74) is 2.14. The fourth-order valence-electron chi connectivity index (χ4n) is 3.87. The molecule has 1 aliphatic carbocycles. The highest BCUT2D eigenvalue weighted by Crippen LogP contribution is 2.41. The first kappa shape index (κ1) is 26.7. The molecule has 1 heterocycles. The Labute approximate surface area is 202 Å². The lowest BCUT2D eigenvalue weighted by atomic mass is 9.72. The van der Waals surface area contributed by atoms with E-state index in [1.165, 1.54) is 6.92 Å². The molecule has 1 atom stereocenters. The van der Waals surface area contributed by atoms with E-state index in [-0.39, 0.29) is 31.3 Å². The largest absolute Gasteiger partial charge is 0.465 e. The van der Waals surface area contributed by atoms with Crippen molar-refractivity contribution in [3.05, 3.63) is 42.2 Å². The van der Waals surface area contributed by atoms with Gasteiger partial charge >= 0.3 is 12.1 Å². The number of carbonyl (C=O) groups is 1. The number of hydrogen-bond donors (Lipinski definition) is 2. The van der Waals surface area contributed by atoms with Gasteiger partial charge in [0.15, 0.2) is 0 Å². The summed E-state index contributed by atoms with van der Waals surface area (Å²) in [6.45, 7) is 1.75. The van der Waals surface area contributed by atoms with Gasteiger partial charge in [0.05, 0.1) is 12.9 Å². The van der Waals surface area contributed by atoms with Crippen LogP contribution in [0, 0.1) is 11.8 Å². The van der Waals surface area contributed by atoms with Gasteiger partial charge in [-0.25, -0.2) is 18.4 Å². The van der Waals surface area contributed by atoms with Crippen molar-refractivity contribution in [1.82, 2.24) is 9.97 Å². The van der Waals surface area contributed by atoms with Gasteiger partial charge in [-0.05, 0) is 66.8 Å². The van der Waals surface area contributed by atoms with Crippen LogP contribution >= 0.6 is 0 Å². The van der Waals surface area contributed by atoms with E-state index in [0.29, 0.717) is 17.3 Å². The summed E-state index contributed by atoms with van der Waals surface area (Å²) in [6, 6.07) is 6.67. The number of carbonyl (C=O) groups excluding carboxylic acids is 1. The van der Waals surface area contributed by atoms with Gasteiger partial charge in [-0.1, -0.05) is 6.92 Å². The molecule has 0 saturated heterocycles. The lowest BCUT2D eigenvalue weighted by Gasteiger charge is -2.34. The van der Waals surface area contributed by atoms with Crippen LogP contribution in [-0.4, -0.2) is 43.4 Å². The Bertz CT molecular complexity index is 1090. The molecule has 0 aliphatic heterocycles. The molecular formula is C23H29F3N4O4S. The second kappa shape index (κ2) is 11.2. The average Bonchev–Trinajstić information content (AvgIpc) is 2.71. The summed E-state index contributed by atoms with van der Waals surface area (Å²) in [6.07, 6.45) is 1.25. The number of alkyl halides is 3. The van der Waals surface area contributed by atoms with Gasteiger partial charge in [0.25, 0.3) is 0 Å². The van der Waals surface area contributed by atoms with Crippen molar-refractivity contribution in [3.63, 3.8) is 0 Å². The number of nitrogens with zero attached hydrogens (tertiary/aromatic N) is 2. The maximum absolute atomic E-state index is 12.3. The van der Waals surface area contributed by atoms with Crippen molar-refractivity contribution in [2.45, 2.75) is 51.1 Å². The zero-order chi connectivity index (χ0) is 25.6. The second-order valence-corrected chi connectivity index (χ2v) is 10.8. The smallest absolute Gasteiger partial charge is 0.389 e. The minimum Gasteiger partial charge on any atom is -0.465 e. The Morgan fingerprint density at radius 2 is 1.74 bits per heavy atom. The molecule has 3 rings (SSSR count). The number of benzene rings is 1. The van der Waals surface area contributed by atoms with Crippen molar-refractivity contribution in [2.75, 3.05) is 22.9 Å². The third kappa shape index (κ3) is 9.35. The average molecular weight is 515 g/mol. The van der Waals surface area contributed by atoms with Crippen LogP contribution in [0.4, 0.5) is 30.5 Å². The number of anilines is 3. The summed E-state index contributed by atoms with van der Waals surface area (Å²) in [4.78, 5) is 20.5. The third-order valence-corrected chi connectivity index (χ3v) is 6.33. The van der Waals surface area contributed by atoms with Crippen LogP contribution < -0.4 is 10.0 Å². The monoisotopic (exact) mass is 514 g/mol. The van der Waals surface area contributed by atoms with E-state index in [9.17, 15) is 26.4 Å². The molecule has 1 saturated carbocycles. The Kier molecular flexibility index (Phi) is 8.57. The molecule has 0 bridgehead atoms. The predicted octanol–water partition coefficient (Wildman–Crippen LogP) is 5.00. The van der Waals surface area contributed by atoms with E-state index in [1.54, 1.807) is 36.7 Å². The quantitative estimate of drug-likeness (QED) is 0.406. The van der Waals surface area contributed by atoms with Crippen molar-refractivity contribution in [3.8, 4) is 0 Å². The molecule has 0 unspecified atom stereocenters. The molecular weight excluding hydrogens is 485 g/mol. The number of esters is 1. The lowest BCUT2D eigenvalue weighted by molar-refractivity contribution is -0.150. The third-order valence-electron chi connectivity index (χ3n) is 5.72. The number of halogens is 3. The van der Waals surface area contributed by atoms with Gasteiger partial charge in [0, 0.05) is 36.6 Å². The van der Waals surface area contributed by atoms with E-state index in [4.69, 9.17) is 4.74 Å². The predicted molar refractivity (Wildman–Crippen MR) is 126 cm³/mol. The molecule has 2 N–H and O–H groups in total. The SMILES string of the molecule is C[C@H](CCC(=O)OCC1CC(c2cnc(Nc3ccc(NS(C)(=O)=O)cc3)nc2)C1)CC(F)(F)F. The lowest BCUT2D eigenvalue weighted by Crippen LogP contribution is -2.27. The van der Waals surface area contributed by atoms with Gasteiger partial charge in [-0.2, -0.15) is 13.2 Å². The summed E-state index contributed by atoms with van der Waals surface area (Å²) in [5, 5.41) is 3.05. The molecule has 0 spiro atoms. The van der Waals surface area contributed by atoms with Crippen molar-refractivity contribution in [2.24, 2.45) is 11.8 Å². The highest BCUT2D eigenvalue weighted by atomic mass is 32.2. The normalized spacial score (nSPS) is 18.9. The number of ether oxygens (including phenoxy) is 1. The highest BCUT2D eigenvalue weighted by molar-refractivity contribution is 7.92. The molecule has 0 amide bonds. The fraction of sp³-hybridized carbons (Fsp3) is 0.522. The van der Waals surface area contributed by atoms with Crippen molar-refractivity contribution in [1.29, 1.82) is 0 Å². The van der Waals surface area contributed by atoms with Crippen LogP contribution in [0.5, 0.6) is 0 Å². The maximum Gasteiger partial charge on any atom is 0.389 e. The number of nitrogens with one attached hydrogen (secondary N) is 2. The van der Waals surface area contributed by atoms with E-state index in [1.807, 2.05) is 0 Å². The first-order chi connectivity index (χ1) is 16.4. The highest BCUT2D eigenvalue weighted by Gasteiger charge is 2.32. The molecule has 35 heavy (non-hydrogen) atoms. The standard InChI is InChI=1S/C23H29F3N4O4S/c1-15(11-23(24,25)26)3-8-21(31)34-14-16-9-17(10-16)18-12-27-22(28-13-18)29-19-4-6-20(7-5-19)30-35(2,32)33/h4-7,12-13,15-17,30H,3,8-11,14H2,1-2H3,(H,27,28,29)/t15-,16?,17?/m1/s1. The van der Waals surface area contributed by atoms with Crippen LogP contribution in [0.3, 0.4) is 0 Å². The Morgan fingerprint density at radius 1 is 1.14 bits per heavy atom. The maximum atomic E-state index is 12.3. The van der Waals surface area contributed by atoms with E-state index in [2.05, 4.69) is 20.0 Å². The Balaban J connectivity index is 1.37. The molecule has 2 aromatic rings. The first-order valence-corrected chi connectivity index (χ1v) is 13.1. The number of rotatable bonds is 11. The van der Waals surface area contributed by atoms with E-state index < -0.39 is 34.5 Å². The van der Waals surface area contributed by atoms with Crippen LogP contribution in [0.2, 0.25) is 0 Å². The zero-order valence-electron chi connectivity index (χ0n) is 19.5. The summed E-state index contributed by atoms with van der Waals surface area (Å²) >= 11 is 0. The zero-order valence-corrected chi connectivity index (χ0v) is 20.3. The van der Waals surface area contributed by atoms with Crippen molar-refractivity contribution >= 4 is 33.3 Å². The van der Waals surface area contributed by atoms with Gasteiger partial charge in [-0.3, -0.25) is 9.52 Å². The van der Waals surface area contributed by atoms with Crippen molar-refractivity contribution < 1.29 is 31.1 Å². The van der Waals surface area contributed by atoms with Crippen LogP contribution in [0.15, 0.2) is 36.7 Å². The first-order valence-electron chi connectivity index (χ1n) is 11.3. The summed E-state index contributed by atoms with van der Waals surface area (Å²) in [7, 11) is -3.34. The van der Waals surface area contributed by atoms with Crippen LogP contribution in [0.1, 0.15) is 50.5 Å². The number of aromatic nitrogens is 2. The van der Waals surface area contributed by atoms with E-state index >= 15 is 0 Å². The van der Waals surface area contributed by atoms with Crippen LogP contribution in [0.25, 0.3) is 0 Å². The Morgan fingerprint density at radius 3 is 2.31 bits per heavy atom. The number of hydrogen-bond acceptors (Lipinski definition) is 7.